The van der Waals surface area contributed by atoms with E-state index >= 15 is 0 Å². The van der Waals surface area contributed by atoms with Crippen molar-refractivity contribution in [2.45, 2.75) is 51.5 Å². The molecule has 0 bridgehead atoms. The van der Waals surface area contributed by atoms with Gasteiger partial charge in [-0.1, -0.05) is 31.9 Å². The van der Waals surface area contributed by atoms with Crippen LogP contribution in [0.4, 0.5) is 0 Å². The Kier molecular flexibility index (Phi) is 3.06. The van der Waals surface area contributed by atoms with Crippen molar-refractivity contribution in [3.63, 3.8) is 0 Å². The minimum Gasteiger partial charge on any atom is -0.493 e. The maximum atomic E-state index is 6.60. The summed E-state index contributed by atoms with van der Waals surface area (Å²) in [5, 5.41) is 0. The Morgan fingerprint density at radius 1 is 1.33 bits per heavy atom. The lowest BCUT2D eigenvalue weighted by molar-refractivity contribution is 0.222. The summed E-state index contributed by atoms with van der Waals surface area (Å²) >= 11 is 0. The molecule has 1 saturated carbocycles. The van der Waals surface area contributed by atoms with Gasteiger partial charge in [-0.25, -0.2) is 0 Å². The van der Waals surface area contributed by atoms with Gasteiger partial charge >= 0.3 is 0 Å². The Bertz CT molecular complexity index is 435. The fraction of sp³-hybridized carbons (Fsp3) is 0.625. The van der Waals surface area contributed by atoms with Gasteiger partial charge in [0.05, 0.1) is 6.61 Å². The Hall–Kier alpha value is -1.02. The molecule has 0 spiro atoms. The first-order valence-corrected chi connectivity index (χ1v) is 7.26. The van der Waals surface area contributed by atoms with Crippen molar-refractivity contribution in [2.75, 3.05) is 6.61 Å². The molecule has 18 heavy (non-hydrogen) atoms. The van der Waals surface area contributed by atoms with Crippen LogP contribution in [0.15, 0.2) is 18.2 Å². The Labute approximate surface area is 110 Å². The minimum atomic E-state index is 0.191. The predicted molar refractivity (Wildman–Crippen MR) is 73.8 cm³/mol. The van der Waals surface area contributed by atoms with Crippen LogP contribution in [0.5, 0.6) is 5.75 Å². The van der Waals surface area contributed by atoms with E-state index in [9.17, 15) is 0 Å². The molecule has 1 fully saturated rings. The average Bonchev–Trinajstić information content (AvgIpc) is 3.06. The normalized spacial score (nSPS) is 22.6. The molecule has 1 atom stereocenters. The molecule has 2 N–H and O–H groups in total. The fourth-order valence-electron chi connectivity index (χ4n) is 3.72. The molecule has 98 valence electrons. The van der Waals surface area contributed by atoms with Crippen LogP contribution in [-0.2, 0) is 6.42 Å². The highest BCUT2D eigenvalue weighted by molar-refractivity contribution is 5.41. The molecule has 1 aliphatic carbocycles. The lowest BCUT2D eigenvalue weighted by atomic mass is 9.74. The van der Waals surface area contributed by atoms with Crippen LogP contribution in [0.25, 0.3) is 0 Å². The van der Waals surface area contributed by atoms with Crippen molar-refractivity contribution < 1.29 is 4.74 Å². The summed E-state index contributed by atoms with van der Waals surface area (Å²) in [5.41, 5.74) is 9.59. The molecule has 1 aromatic carbocycles. The maximum absolute atomic E-state index is 6.60. The van der Waals surface area contributed by atoms with E-state index in [1.54, 1.807) is 0 Å². The van der Waals surface area contributed by atoms with E-state index in [-0.39, 0.29) is 6.04 Å². The zero-order chi connectivity index (χ0) is 12.6. The standard InChI is InChI=1S/C16H23NO/c1-2-16(8-3-4-9-16)15(17)13-5-6-14-12(11-13)7-10-18-14/h5-6,11,15H,2-4,7-10,17H2,1H3. The van der Waals surface area contributed by atoms with Gasteiger partial charge in [0.15, 0.2) is 0 Å². The number of nitrogens with two attached hydrogens (primary N) is 1. The second-order valence-corrected chi connectivity index (χ2v) is 5.87. The Morgan fingerprint density at radius 2 is 2.11 bits per heavy atom. The van der Waals surface area contributed by atoms with Crippen molar-refractivity contribution in [3.05, 3.63) is 29.3 Å². The first kappa shape index (κ1) is 12.0. The summed E-state index contributed by atoms with van der Waals surface area (Å²) in [7, 11) is 0. The van der Waals surface area contributed by atoms with Gasteiger partial charge in [0.1, 0.15) is 5.75 Å². The zero-order valence-electron chi connectivity index (χ0n) is 11.2. The smallest absolute Gasteiger partial charge is 0.122 e. The largest absolute Gasteiger partial charge is 0.493 e. The number of fused-ring (bicyclic) bond motifs is 1. The Balaban J connectivity index is 1.89. The molecule has 3 rings (SSSR count). The van der Waals surface area contributed by atoms with Crippen LogP contribution in [-0.4, -0.2) is 6.61 Å². The second-order valence-electron chi connectivity index (χ2n) is 5.87. The van der Waals surface area contributed by atoms with Gasteiger partial charge in [0.25, 0.3) is 0 Å². The molecule has 2 aliphatic rings. The highest BCUT2D eigenvalue weighted by Crippen LogP contribution is 2.49. The third kappa shape index (κ3) is 1.83. The first-order chi connectivity index (χ1) is 8.75. The number of ether oxygens (including phenoxy) is 1. The molecule has 1 heterocycles. The van der Waals surface area contributed by atoms with Crippen molar-refractivity contribution in [3.8, 4) is 5.75 Å². The lowest BCUT2D eigenvalue weighted by Crippen LogP contribution is -2.31. The van der Waals surface area contributed by atoms with Gasteiger partial charge < -0.3 is 10.5 Å². The fourth-order valence-corrected chi connectivity index (χ4v) is 3.72. The van der Waals surface area contributed by atoms with E-state index in [2.05, 4.69) is 25.1 Å². The summed E-state index contributed by atoms with van der Waals surface area (Å²) in [4.78, 5) is 0. The molecule has 0 saturated heterocycles. The molecular weight excluding hydrogens is 222 g/mol. The van der Waals surface area contributed by atoms with E-state index in [1.165, 1.54) is 43.2 Å². The average molecular weight is 245 g/mol. The highest BCUT2D eigenvalue weighted by Gasteiger charge is 2.38. The molecule has 1 aromatic rings. The van der Waals surface area contributed by atoms with Crippen LogP contribution < -0.4 is 10.5 Å². The predicted octanol–water partition coefficient (Wildman–Crippen LogP) is 3.59. The molecule has 2 heteroatoms. The van der Waals surface area contributed by atoms with Crippen molar-refractivity contribution in [2.24, 2.45) is 11.1 Å². The van der Waals surface area contributed by atoms with Gasteiger partial charge in [-0.3, -0.25) is 0 Å². The summed E-state index contributed by atoms with van der Waals surface area (Å²) in [6, 6.07) is 6.75. The molecule has 2 nitrogen and oxygen atoms in total. The van der Waals surface area contributed by atoms with Crippen molar-refractivity contribution in [1.82, 2.24) is 0 Å². The Morgan fingerprint density at radius 3 is 2.83 bits per heavy atom. The highest BCUT2D eigenvalue weighted by atomic mass is 16.5. The number of benzene rings is 1. The monoisotopic (exact) mass is 245 g/mol. The van der Waals surface area contributed by atoms with Gasteiger partial charge in [-0.05, 0) is 41.9 Å². The van der Waals surface area contributed by atoms with Gasteiger partial charge in [0, 0.05) is 12.5 Å². The summed E-state index contributed by atoms with van der Waals surface area (Å²) in [6.45, 7) is 3.12. The second kappa shape index (κ2) is 4.58. The van der Waals surface area contributed by atoms with Crippen LogP contribution in [0.2, 0.25) is 0 Å². The van der Waals surface area contributed by atoms with Gasteiger partial charge in [-0.2, -0.15) is 0 Å². The molecule has 1 unspecified atom stereocenters. The SMILES string of the molecule is CCC1(C(N)c2ccc3c(c2)CCO3)CCCC1. The van der Waals surface area contributed by atoms with Gasteiger partial charge in [-0.15, -0.1) is 0 Å². The zero-order valence-corrected chi connectivity index (χ0v) is 11.2. The third-order valence-corrected chi connectivity index (χ3v) is 5.04. The van der Waals surface area contributed by atoms with E-state index in [0.29, 0.717) is 5.41 Å². The summed E-state index contributed by atoms with van der Waals surface area (Å²) in [6.07, 6.45) is 7.50. The first-order valence-electron chi connectivity index (χ1n) is 7.26. The van der Waals surface area contributed by atoms with E-state index < -0.39 is 0 Å². The minimum absolute atomic E-state index is 0.191. The van der Waals surface area contributed by atoms with Crippen molar-refractivity contribution >= 4 is 0 Å². The molecular formula is C16H23NO. The molecule has 0 radical (unpaired) electrons. The molecule has 0 aromatic heterocycles. The van der Waals surface area contributed by atoms with E-state index in [1.807, 2.05) is 0 Å². The van der Waals surface area contributed by atoms with E-state index in [4.69, 9.17) is 10.5 Å². The quantitative estimate of drug-likeness (QED) is 0.883. The van der Waals surface area contributed by atoms with Crippen molar-refractivity contribution in [1.29, 1.82) is 0 Å². The van der Waals surface area contributed by atoms with E-state index in [0.717, 1.165) is 18.8 Å². The van der Waals surface area contributed by atoms with Crippen LogP contribution >= 0.6 is 0 Å². The summed E-state index contributed by atoms with van der Waals surface area (Å²) in [5.74, 6) is 1.06. The number of hydrogen-bond acceptors (Lipinski definition) is 2. The topological polar surface area (TPSA) is 35.2 Å². The summed E-state index contributed by atoms with van der Waals surface area (Å²) < 4.78 is 5.57. The third-order valence-electron chi connectivity index (χ3n) is 5.04. The molecule has 1 aliphatic heterocycles. The number of rotatable bonds is 3. The maximum Gasteiger partial charge on any atom is 0.122 e. The van der Waals surface area contributed by atoms with Crippen LogP contribution in [0.1, 0.15) is 56.2 Å². The van der Waals surface area contributed by atoms with Gasteiger partial charge in [0.2, 0.25) is 0 Å². The van der Waals surface area contributed by atoms with Crippen LogP contribution in [0.3, 0.4) is 0 Å². The molecule has 0 amide bonds. The van der Waals surface area contributed by atoms with Crippen LogP contribution in [0, 0.1) is 5.41 Å². The lowest BCUT2D eigenvalue weighted by Gasteiger charge is -2.34. The number of hydrogen-bond donors (Lipinski definition) is 1.